The summed E-state index contributed by atoms with van der Waals surface area (Å²) in [5.74, 6) is -1.64. The predicted molar refractivity (Wildman–Crippen MR) is 131 cm³/mol. The summed E-state index contributed by atoms with van der Waals surface area (Å²) in [6.07, 6.45) is -3.12. The van der Waals surface area contributed by atoms with Crippen LogP contribution in [0.2, 0.25) is 0 Å². The fourth-order valence-electron chi connectivity index (χ4n) is 5.16. The van der Waals surface area contributed by atoms with E-state index in [1.54, 1.807) is 4.90 Å². The van der Waals surface area contributed by atoms with Crippen molar-refractivity contribution in [2.75, 3.05) is 33.7 Å². The zero-order valence-corrected chi connectivity index (χ0v) is 22.1. The summed E-state index contributed by atoms with van der Waals surface area (Å²) in [4.78, 5) is 34.2. The Balaban J connectivity index is 0.000000454. The Morgan fingerprint density at radius 3 is 2.33 bits per heavy atom. The quantitative estimate of drug-likeness (QED) is 0.633. The molecule has 1 N–H and O–H groups in total. The van der Waals surface area contributed by atoms with Crippen molar-refractivity contribution in [3.8, 4) is 0 Å². The van der Waals surface area contributed by atoms with E-state index in [1.165, 1.54) is 16.3 Å². The summed E-state index contributed by atoms with van der Waals surface area (Å²) in [7, 11) is 3.67. The van der Waals surface area contributed by atoms with Gasteiger partial charge in [-0.3, -0.25) is 4.90 Å². The number of nitrogens with zero attached hydrogens (tertiary/aromatic N) is 5. The molecule has 2 amide bonds. The first kappa shape index (κ1) is 28.0. The van der Waals surface area contributed by atoms with Gasteiger partial charge in [0.05, 0.1) is 11.4 Å². The summed E-state index contributed by atoms with van der Waals surface area (Å²) >= 11 is 1.83. The lowest BCUT2D eigenvalue weighted by molar-refractivity contribution is -0.192. The number of rotatable bonds is 3. The molecule has 1 spiro atoms. The van der Waals surface area contributed by atoms with E-state index in [2.05, 4.69) is 47.8 Å². The van der Waals surface area contributed by atoms with Crippen LogP contribution in [0.3, 0.4) is 0 Å². The lowest BCUT2D eigenvalue weighted by Gasteiger charge is -2.47. The number of thiophene rings is 1. The Bertz CT molecular complexity index is 1060. The molecule has 4 rings (SSSR count). The van der Waals surface area contributed by atoms with Crippen LogP contribution in [0.25, 0.3) is 0 Å². The number of hydrogen-bond acceptors (Lipinski definition) is 5. The second-order valence-electron chi connectivity index (χ2n) is 9.89. The van der Waals surface area contributed by atoms with E-state index in [1.807, 2.05) is 30.3 Å². The molecule has 2 aliphatic rings. The maximum absolute atomic E-state index is 12.5. The SMILES string of the molecule is Cc1nc2c(n1C(C)C)CN(Cc1cccs1)CC21CCN(C(=O)N(C)C)CC1.O=C(O)C(F)(F)F. The second-order valence-corrected chi connectivity index (χ2v) is 10.9. The normalized spacial score (nSPS) is 17.5. The first-order chi connectivity index (χ1) is 16.7. The molecule has 0 saturated carbocycles. The number of aryl methyl sites for hydroxylation is 1. The van der Waals surface area contributed by atoms with E-state index < -0.39 is 12.1 Å². The molecule has 2 aromatic rings. The second kappa shape index (κ2) is 10.8. The van der Waals surface area contributed by atoms with Gasteiger partial charge in [-0.2, -0.15) is 13.2 Å². The highest BCUT2D eigenvalue weighted by atomic mass is 32.1. The van der Waals surface area contributed by atoms with Crippen LogP contribution in [0.1, 0.15) is 54.8 Å². The van der Waals surface area contributed by atoms with Crippen LogP contribution >= 0.6 is 11.3 Å². The number of hydrogen-bond donors (Lipinski definition) is 1. The highest BCUT2D eigenvalue weighted by molar-refractivity contribution is 7.09. The van der Waals surface area contributed by atoms with E-state index in [0.717, 1.165) is 51.4 Å². The Morgan fingerprint density at radius 2 is 1.86 bits per heavy atom. The minimum atomic E-state index is -5.08. The third-order valence-corrected chi connectivity index (χ3v) is 7.54. The molecule has 0 atom stereocenters. The monoisotopic (exact) mass is 529 g/mol. The number of likely N-dealkylation sites (tertiary alicyclic amines) is 1. The lowest BCUT2D eigenvalue weighted by Crippen LogP contribution is -2.54. The molecule has 8 nitrogen and oxygen atoms in total. The molecule has 0 aliphatic carbocycles. The van der Waals surface area contributed by atoms with E-state index >= 15 is 0 Å². The summed E-state index contributed by atoms with van der Waals surface area (Å²) < 4.78 is 34.2. The molecule has 2 aromatic heterocycles. The molecule has 1 saturated heterocycles. The van der Waals surface area contributed by atoms with Gasteiger partial charge >= 0.3 is 18.2 Å². The largest absolute Gasteiger partial charge is 0.490 e. The van der Waals surface area contributed by atoms with Crippen LogP contribution in [0, 0.1) is 6.92 Å². The van der Waals surface area contributed by atoms with E-state index in [4.69, 9.17) is 14.9 Å². The number of piperidine rings is 1. The van der Waals surface area contributed by atoms with Crippen molar-refractivity contribution >= 4 is 23.3 Å². The zero-order valence-electron chi connectivity index (χ0n) is 21.3. The summed E-state index contributed by atoms with van der Waals surface area (Å²) in [5, 5.41) is 9.29. The first-order valence-corrected chi connectivity index (χ1v) is 12.7. The van der Waals surface area contributed by atoms with Crippen molar-refractivity contribution in [3.63, 3.8) is 0 Å². The predicted octanol–water partition coefficient (Wildman–Crippen LogP) is 4.50. The molecule has 0 unspecified atom stereocenters. The Labute approximate surface area is 213 Å². The maximum Gasteiger partial charge on any atom is 0.490 e. The molecule has 12 heteroatoms. The minimum Gasteiger partial charge on any atom is -0.475 e. The fourth-order valence-corrected chi connectivity index (χ4v) is 5.91. The number of halogens is 3. The number of aromatic nitrogens is 2. The van der Waals surface area contributed by atoms with Crippen LogP contribution in [0.4, 0.5) is 18.0 Å². The van der Waals surface area contributed by atoms with Crippen LogP contribution in [-0.4, -0.2) is 81.3 Å². The smallest absolute Gasteiger partial charge is 0.475 e. The lowest BCUT2D eigenvalue weighted by atomic mass is 9.72. The van der Waals surface area contributed by atoms with Crippen molar-refractivity contribution < 1.29 is 27.9 Å². The Hall–Kier alpha value is -2.60. The molecular weight excluding hydrogens is 495 g/mol. The highest BCUT2D eigenvalue weighted by Gasteiger charge is 2.46. The fraction of sp³-hybridized carbons (Fsp3) is 0.625. The van der Waals surface area contributed by atoms with Gasteiger partial charge in [-0.05, 0) is 45.1 Å². The molecule has 200 valence electrons. The van der Waals surface area contributed by atoms with E-state index in [9.17, 15) is 18.0 Å². The number of imidazole rings is 1. The number of carbonyl (C=O) groups is 2. The third kappa shape index (κ3) is 6.03. The number of urea groups is 1. The molecule has 1 fully saturated rings. The standard InChI is InChI=1S/C22H33N5OS.C2HF3O2/c1-16(2)27-17(3)23-20-19(27)14-25(13-18-7-6-12-29-18)15-22(20)8-10-26(11-9-22)21(28)24(4)5;3-2(4,5)1(6)7/h6-7,12,16H,8-11,13-15H2,1-5H3;(H,6,7). The van der Waals surface area contributed by atoms with Crippen LogP contribution in [-0.2, 0) is 23.3 Å². The number of carboxylic acid groups (broad SMARTS) is 1. The van der Waals surface area contributed by atoms with Crippen molar-refractivity contribution in [2.45, 2.75) is 64.3 Å². The highest BCUT2D eigenvalue weighted by Crippen LogP contribution is 2.43. The number of alkyl halides is 3. The van der Waals surface area contributed by atoms with Crippen molar-refractivity contribution in [3.05, 3.63) is 39.6 Å². The van der Waals surface area contributed by atoms with Gasteiger partial charge in [0.25, 0.3) is 0 Å². The Kier molecular flexibility index (Phi) is 8.39. The third-order valence-electron chi connectivity index (χ3n) is 6.68. The van der Waals surface area contributed by atoms with Crippen LogP contribution in [0.5, 0.6) is 0 Å². The topological polar surface area (TPSA) is 81.9 Å². The molecule has 0 aromatic carbocycles. The van der Waals surface area contributed by atoms with Gasteiger partial charge in [-0.25, -0.2) is 14.6 Å². The van der Waals surface area contributed by atoms with Gasteiger partial charge < -0.3 is 19.5 Å². The summed E-state index contributed by atoms with van der Waals surface area (Å²) in [5.41, 5.74) is 2.72. The number of carbonyl (C=O) groups excluding carboxylic acids is 1. The molecular formula is C24H34F3N5O3S. The molecule has 2 aliphatic heterocycles. The first-order valence-electron chi connectivity index (χ1n) is 11.8. The maximum atomic E-state index is 12.5. The van der Waals surface area contributed by atoms with Crippen LogP contribution < -0.4 is 0 Å². The van der Waals surface area contributed by atoms with Gasteiger partial charge in [0, 0.05) is 63.2 Å². The zero-order chi connectivity index (χ0) is 26.8. The number of carboxylic acids is 1. The number of aliphatic carboxylic acids is 1. The molecule has 0 radical (unpaired) electrons. The summed E-state index contributed by atoms with van der Waals surface area (Å²) in [6.45, 7) is 11.2. The van der Waals surface area contributed by atoms with Crippen molar-refractivity contribution in [1.29, 1.82) is 0 Å². The molecule has 36 heavy (non-hydrogen) atoms. The van der Waals surface area contributed by atoms with E-state index in [0.29, 0.717) is 6.04 Å². The van der Waals surface area contributed by atoms with Gasteiger partial charge in [0.2, 0.25) is 0 Å². The molecule has 0 bridgehead atoms. The minimum absolute atomic E-state index is 0.0405. The van der Waals surface area contributed by atoms with Gasteiger partial charge in [-0.1, -0.05) is 6.07 Å². The van der Waals surface area contributed by atoms with E-state index in [-0.39, 0.29) is 11.4 Å². The van der Waals surface area contributed by atoms with Gasteiger partial charge in [0.1, 0.15) is 5.82 Å². The van der Waals surface area contributed by atoms with Crippen molar-refractivity contribution in [2.24, 2.45) is 0 Å². The average molecular weight is 530 g/mol. The number of amides is 2. The average Bonchev–Trinajstić information content (AvgIpc) is 3.41. The number of fused-ring (bicyclic) bond motifs is 2. The van der Waals surface area contributed by atoms with Crippen molar-refractivity contribution in [1.82, 2.24) is 24.3 Å². The van der Waals surface area contributed by atoms with Crippen LogP contribution in [0.15, 0.2) is 17.5 Å². The van der Waals surface area contributed by atoms with Gasteiger partial charge in [-0.15, -0.1) is 11.3 Å². The molecule has 4 heterocycles. The van der Waals surface area contributed by atoms with Gasteiger partial charge in [0.15, 0.2) is 0 Å². The summed E-state index contributed by atoms with van der Waals surface area (Å²) in [6, 6.07) is 4.89. The Morgan fingerprint density at radius 1 is 1.25 bits per heavy atom.